The Labute approximate surface area is 169 Å². The van der Waals surface area contributed by atoms with Crippen LogP contribution < -0.4 is 0 Å². The first-order valence-corrected chi connectivity index (χ1v) is 9.39. The molecule has 4 aromatic rings. The van der Waals surface area contributed by atoms with Gasteiger partial charge < -0.3 is 0 Å². The highest BCUT2D eigenvalue weighted by atomic mass is 79.9. The Morgan fingerprint density at radius 2 is 1.81 bits per heavy atom. The summed E-state index contributed by atoms with van der Waals surface area (Å²) in [5.74, 6) is 0.716. The molecule has 0 spiro atoms. The smallest absolute Gasteiger partial charge is 0.165 e. The van der Waals surface area contributed by atoms with E-state index in [-0.39, 0.29) is 0 Å². The lowest BCUT2D eigenvalue weighted by Crippen LogP contribution is -1.85. The van der Waals surface area contributed by atoms with Crippen molar-refractivity contribution in [3.05, 3.63) is 86.9 Å². The van der Waals surface area contributed by atoms with Gasteiger partial charge in [0.05, 0.1) is 5.02 Å². The molecule has 0 bridgehead atoms. The number of nitrogens with zero attached hydrogens (tertiary/aromatic N) is 3. The van der Waals surface area contributed by atoms with E-state index in [0.717, 1.165) is 21.2 Å². The van der Waals surface area contributed by atoms with Crippen molar-refractivity contribution in [1.82, 2.24) is 9.38 Å². The zero-order valence-corrected chi connectivity index (χ0v) is 16.5. The number of imidazole rings is 1. The summed E-state index contributed by atoms with van der Waals surface area (Å²) >= 11 is 15.9. The lowest BCUT2D eigenvalue weighted by atomic mass is 10.1. The van der Waals surface area contributed by atoms with Gasteiger partial charge in [0.15, 0.2) is 5.82 Å². The number of fused-ring (bicyclic) bond motifs is 1. The van der Waals surface area contributed by atoms with Crippen LogP contribution in [0.4, 0.5) is 5.82 Å². The molecule has 0 saturated heterocycles. The summed E-state index contributed by atoms with van der Waals surface area (Å²) in [5, 5.41) is 1.13. The first kappa shape index (κ1) is 17.3. The van der Waals surface area contributed by atoms with Crippen molar-refractivity contribution in [2.45, 2.75) is 0 Å². The van der Waals surface area contributed by atoms with Gasteiger partial charge in [0, 0.05) is 27.5 Å². The van der Waals surface area contributed by atoms with Gasteiger partial charge in [0.2, 0.25) is 0 Å². The highest BCUT2D eigenvalue weighted by Gasteiger charge is 2.15. The van der Waals surface area contributed by atoms with Gasteiger partial charge in [0.25, 0.3) is 0 Å². The highest BCUT2D eigenvalue weighted by molar-refractivity contribution is 9.10. The minimum Gasteiger partial charge on any atom is -0.284 e. The molecular weight excluding hydrogens is 433 g/mol. The van der Waals surface area contributed by atoms with Gasteiger partial charge in [0.1, 0.15) is 11.3 Å². The number of pyridine rings is 1. The van der Waals surface area contributed by atoms with Crippen molar-refractivity contribution in [1.29, 1.82) is 0 Å². The average Bonchev–Trinajstić information content (AvgIpc) is 2.99. The summed E-state index contributed by atoms with van der Waals surface area (Å²) in [7, 11) is 0. The lowest BCUT2D eigenvalue weighted by molar-refractivity contribution is 1.17. The van der Waals surface area contributed by atoms with Crippen molar-refractivity contribution in [3.8, 4) is 11.3 Å². The van der Waals surface area contributed by atoms with Crippen LogP contribution in [0.3, 0.4) is 0 Å². The molecule has 0 fully saturated rings. The molecule has 2 heterocycles. The Bertz CT molecular complexity index is 1120. The van der Waals surface area contributed by atoms with Gasteiger partial charge in [-0.3, -0.25) is 4.40 Å². The number of rotatable bonds is 3. The van der Waals surface area contributed by atoms with Crippen LogP contribution in [0.5, 0.6) is 0 Å². The second-order valence-electron chi connectivity index (χ2n) is 5.65. The minimum absolute atomic E-state index is 0.543. The number of hydrogen-bond acceptors (Lipinski definition) is 2. The zero-order chi connectivity index (χ0) is 18.1. The summed E-state index contributed by atoms with van der Waals surface area (Å²) in [6, 6.07) is 19.1. The van der Waals surface area contributed by atoms with E-state index in [1.165, 1.54) is 0 Å². The lowest BCUT2D eigenvalue weighted by Gasteiger charge is -2.03. The first-order chi connectivity index (χ1) is 12.6. The molecule has 6 heteroatoms. The van der Waals surface area contributed by atoms with E-state index < -0.39 is 0 Å². The molecule has 0 saturated carbocycles. The quantitative estimate of drug-likeness (QED) is 0.318. The predicted octanol–water partition coefficient (Wildman–Crippen LogP) is 6.82. The fraction of sp³-hybridized carbons (Fsp3) is 0. The van der Waals surface area contributed by atoms with Crippen LogP contribution in [-0.4, -0.2) is 15.6 Å². The van der Waals surface area contributed by atoms with Crippen LogP contribution in [0.2, 0.25) is 10.0 Å². The van der Waals surface area contributed by atoms with E-state index in [1.807, 2.05) is 65.3 Å². The largest absolute Gasteiger partial charge is 0.284 e. The van der Waals surface area contributed by atoms with Crippen LogP contribution in [0.15, 0.2) is 76.3 Å². The SMILES string of the molecule is Clc1ccc(-c2nc3ccccn3c2N=Cc2ccc(Br)cc2)c(Cl)c1. The number of aliphatic imine (C=N–C) groups is 1. The Morgan fingerprint density at radius 1 is 1.00 bits per heavy atom. The molecule has 4 rings (SSSR count). The fourth-order valence-corrected chi connectivity index (χ4v) is 3.42. The maximum Gasteiger partial charge on any atom is 0.165 e. The maximum absolute atomic E-state index is 6.41. The van der Waals surface area contributed by atoms with Crippen LogP contribution in [0.1, 0.15) is 5.56 Å². The van der Waals surface area contributed by atoms with E-state index in [0.29, 0.717) is 21.6 Å². The van der Waals surface area contributed by atoms with Gasteiger partial charge in [-0.05, 0) is 48.0 Å². The van der Waals surface area contributed by atoms with Crippen molar-refractivity contribution < 1.29 is 0 Å². The third kappa shape index (κ3) is 3.40. The summed E-state index contributed by atoms with van der Waals surface area (Å²) in [6.07, 6.45) is 3.75. The van der Waals surface area contributed by atoms with Crippen molar-refractivity contribution in [3.63, 3.8) is 0 Å². The second-order valence-corrected chi connectivity index (χ2v) is 7.41. The molecule has 0 aliphatic heterocycles. The Hall–Kier alpha value is -2.14. The molecule has 2 aromatic heterocycles. The van der Waals surface area contributed by atoms with Crippen LogP contribution in [0.25, 0.3) is 16.9 Å². The molecule has 26 heavy (non-hydrogen) atoms. The van der Waals surface area contributed by atoms with Gasteiger partial charge in [-0.25, -0.2) is 9.98 Å². The minimum atomic E-state index is 0.543. The monoisotopic (exact) mass is 443 g/mol. The third-order valence-electron chi connectivity index (χ3n) is 3.90. The topological polar surface area (TPSA) is 29.7 Å². The normalized spacial score (nSPS) is 11.5. The molecule has 0 atom stereocenters. The zero-order valence-electron chi connectivity index (χ0n) is 13.4. The molecule has 0 N–H and O–H groups in total. The molecule has 128 valence electrons. The molecule has 0 aliphatic carbocycles. The van der Waals surface area contributed by atoms with Crippen molar-refractivity contribution >= 4 is 56.8 Å². The summed E-state index contributed by atoms with van der Waals surface area (Å²) in [6.45, 7) is 0. The number of hydrogen-bond donors (Lipinski definition) is 0. The summed E-state index contributed by atoms with van der Waals surface area (Å²) < 4.78 is 2.97. The van der Waals surface area contributed by atoms with Gasteiger partial charge in [-0.2, -0.15) is 0 Å². The average molecular weight is 445 g/mol. The summed E-state index contributed by atoms with van der Waals surface area (Å²) in [4.78, 5) is 9.42. The number of halogens is 3. The van der Waals surface area contributed by atoms with E-state index in [2.05, 4.69) is 15.9 Å². The standard InChI is InChI=1S/C20H12BrCl2N3/c21-14-6-4-13(5-7-14)12-24-20-19(16-9-8-15(22)11-17(16)23)25-18-3-1-2-10-26(18)20/h1-12H. The molecule has 0 unspecified atom stereocenters. The Balaban J connectivity index is 1.88. The van der Waals surface area contributed by atoms with E-state index in [4.69, 9.17) is 33.2 Å². The predicted molar refractivity (Wildman–Crippen MR) is 112 cm³/mol. The number of benzene rings is 2. The van der Waals surface area contributed by atoms with Crippen molar-refractivity contribution in [2.24, 2.45) is 4.99 Å². The Kier molecular flexibility index (Phi) is 4.81. The second kappa shape index (κ2) is 7.23. The van der Waals surface area contributed by atoms with E-state index >= 15 is 0 Å². The van der Waals surface area contributed by atoms with E-state index in [9.17, 15) is 0 Å². The number of aromatic nitrogens is 2. The van der Waals surface area contributed by atoms with Crippen LogP contribution in [0, 0.1) is 0 Å². The van der Waals surface area contributed by atoms with E-state index in [1.54, 1.807) is 12.1 Å². The van der Waals surface area contributed by atoms with Crippen LogP contribution >= 0.6 is 39.1 Å². The highest BCUT2D eigenvalue weighted by Crippen LogP contribution is 2.36. The van der Waals surface area contributed by atoms with Crippen LogP contribution in [-0.2, 0) is 0 Å². The molecule has 3 nitrogen and oxygen atoms in total. The summed E-state index contributed by atoms with van der Waals surface area (Å²) in [5.41, 5.74) is 3.30. The maximum atomic E-state index is 6.41. The molecule has 0 radical (unpaired) electrons. The van der Waals surface area contributed by atoms with Gasteiger partial charge in [-0.15, -0.1) is 0 Å². The third-order valence-corrected chi connectivity index (χ3v) is 4.97. The molecule has 0 amide bonds. The van der Waals surface area contributed by atoms with Crippen molar-refractivity contribution in [2.75, 3.05) is 0 Å². The first-order valence-electron chi connectivity index (χ1n) is 7.84. The molecular formula is C20H12BrCl2N3. The van der Waals surface area contributed by atoms with Gasteiger partial charge in [-0.1, -0.05) is 57.3 Å². The Morgan fingerprint density at radius 3 is 2.58 bits per heavy atom. The fourth-order valence-electron chi connectivity index (χ4n) is 2.65. The molecule has 2 aromatic carbocycles. The van der Waals surface area contributed by atoms with Gasteiger partial charge >= 0.3 is 0 Å². The molecule has 0 aliphatic rings.